The van der Waals surface area contributed by atoms with Crippen LogP contribution in [0.3, 0.4) is 0 Å². The van der Waals surface area contributed by atoms with Crippen LogP contribution in [0.5, 0.6) is 0 Å². The Bertz CT molecular complexity index is 1100. The van der Waals surface area contributed by atoms with E-state index in [9.17, 15) is 0 Å². The number of hydrogen-bond acceptors (Lipinski definition) is 2. The van der Waals surface area contributed by atoms with Gasteiger partial charge in [-0.2, -0.15) is 0 Å². The number of H-pyrrole nitrogens is 1. The molecule has 0 saturated heterocycles. The standard InChI is InChI=1S/C21H14N2O/c1-3-8-18-14(6-1)16(12-22-18)21(20-10-5-11-24-20)17-13-23-19-9-4-2-7-15(17)19/h1-13,22H/b21-17-. The minimum atomic E-state index is 0.845. The molecular weight excluding hydrogens is 296 g/mol. The number of benzene rings is 2. The highest BCUT2D eigenvalue weighted by molar-refractivity contribution is 6.27. The van der Waals surface area contributed by atoms with Gasteiger partial charge in [-0.3, -0.25) is 4.99 Å². The maximum absolute atomic E-state index is 5.76. The monoisotopic (exact) mass is 310 g/mol. The molecule has 1 N–H and O–H groups in total. The summed E-state index contributed by atoms with van der Waals surface area (Å²) in [5.41, 5.74) is 6.51. The minimum Gasteiger partial charge on any atom is -0.464 e. The van der Waals surface area contributed by atoms with E-state index in [0.717, 1.165) is 39.2 Å². The van der Waals surface area contributed by atoms with Crippen LogP contribution < -0.4 is 0 Å². The van der Waals surface area contributed by atoms with Crippen LogP contribution in [0.1, 0.15) is 16.9 Å². The predicted octanol–water partition coefficient (Wildman–Crippen LogP) is 5.44. The van der Waals surface area contributed by atoms with E-state index < -0.39 is 0 Å². The third-order valence-corrected chi connectivity index (χ3v) is 4.42. The van der Waals surface area contributed by atoms with Gasteiger partial charge in [0, 0.05) is 45.6 Å². The lowest BCUT2D eigenvalue weighted by Crippen LogP contribution is -1.92. The zero-order valence-electron chi connectivity index (χ0n) is 12.9. The first-order valence-corrected chi connectivity index (χ1v) is 7.90. The van der Waals surface area contributed by atoms with Crippen molar-refractivity contribution in [2.24, 2.45) is 4.99 Å². The second-order valence-corrected chi connectivity index (χ2v) is 5.79. The van der Waals surface area contributed by atoms with Crippen molar-refractivity contribution in [3.8, 4) is 0 Å². The predicted molar refractivity (Wildman–Crippen MR) is 97.5 cm³/mol. The Kier molecular flexibility index (Phi) is 2.79. The number of fused-ring (bicyclic) bond motifs is 2. The molecule has 2 aromatic carbocycles. The fraction of sp³-hybridized carbons (Fsp3) is 0. The maximum atomic E-state index is 5.76. The molecule has 4 aromatic rings. The zero-order valence-corrected chi connectivity index (χ0v) is 12.9. The van der Waals surface area contributed by atoms with E-state index in [1.807, 2.05) is 48.8 Å². The van der Waals surface area contributed by atoms with Crippen molar-refractivity contribution < 1.29 is 4.42 Å². The highest BCUT2D eigenvalue weighted by Gasteiger charge is 2.22. The topological polar surface area (TPSA) is 41.3 Å². The van der Waals surface area contributed by atoms with Gasteiger partial charge in [0.2, 0.25) is 0 Å². The third-order valence-electron chi connectivity index (χ3n) is 4.42. The van der Waals surface area contributed by atoms with Crippen molar-refractivity contribution in [2.45, 2.75) is 0 Å². The van der Waals surface area contributed by atoms with E-state index in [-0.39, 0.29) is 0 Å². The number of aliphatic imine (C=N–C) groups is 1. The number of allylic oxidation sites excluding steroid dienone is 1. The van der Waals surface area contributed by atoms with Crippen LogP contribution in [0, 0.1) is 0 Å². The van der Waals surface area contributed by atoms with Gasteiger partial charge in [-0.25, -0.2) is 0 Å². The van der Waals surface area contributed by atoms with Gasteiger partial charge in [0.1, 0.15) is 5.76 Å². The van der Waals surface area contributed by atoms with Crippen LogP contribution in [0.2, 0.25) is 0 Å². The fourth-order valence-electron chi connectivity index (χ4n) is 3.33. The normalized spacial score (nSPS) is 15.0. The number of aromatic amines is 1. The van der Waals surface area contributed by atoms with Gasteiger partial charge in [-0.05, 0) is 24.3 Å². The van der Waals surface area contributed by atoms with Gasteiger partial charge < -0.3 is 9.40 Å². The molecule has 24 heavy (non-hydrogen) atoms. The largest absolute Gasteiger partial charge is 0.464 e. The molecule has 0 amide bonds. The number of aromatic nitrogens is 1. The van der Waals surface area contributed by atoms with E-state index >= 15 is 0 Å². The van der Waals surface area contributed by atoms with E-state index in [4.69, 9.17) is 4.42 Å². The van der Waals surface area contributed by atoms with Crippen molar-refractivity contribution in [2.75, 3.05) is 0 Å². The first-order chi connectivity index (χ1) is 11.9. The molecule has 114 valence electrons. The smallest absolute Gasteiger partial charge is 0.135 e. The van der Waals surface area contributed by atoms with Crippen LogP contribution in [-0.2, 0) is 0 Å². The van der Waals surface area contributed by atoms with Gasteiger partial charge in [-0.15, -0.1) is 0 Å². The number of furan rings is 1. The summed E-state index contributed by atoms with van der Waals surface area (Å²) in [6, 6.07) is 20.4. The lowest BCUT2D eigenvalue weighted by molar-refractivity contribution is 0.554. The summed E-state index contributed by atoms with van der Waals surface area (Å²) in [5, 5.41) is 1.18. The zero-order chi connectivity index (χ0) is 15.9. The average Bonchev–Trinajstić information content (AvgIpc) is 3.36. The van der Waals surface area contributed by atoms with Crippen LogP contribution in [0.4, 0.5) is 5.69 Å². The van der Waals surface area contributed by atoms with Crippen LogP contribution in [0.25, 0.3) is 22.0 Å². The van der Waals surface area contributed by atoms with Crippen molar-refractivity contribution in [1.29, 1.82) is 0 Å². The Morgan fingerprint density at radius 2 is 1.79 bits per heavy atom. The first kappa shape index (κ1) is 13.1. The Hall–Kier alpha value is -3.33. The van der Waals surface area contributed by atoms with Gasteiger partial charge in [0.05, 0.1) is 12.0 Å². The van der Waals surface area contributed by atoms with Gasteiger partial charge in [0.15, 0.2) is 0 Å². The second kappa shape index (κ2) is 5.10. The van der Waals surface area contributed by atoms with Gasteiger partial charge >= 0.3 is 0 Å². The van der Waals surface area contributed by atoms with Gasteiger partial charge in [-0.1, -0.05) is 36.4 Å². The Morgan fingerprint density at radius 3 is 2.71 bits per heavy atom. The summed E-state index contributed by atoms with van der Waals surface area (Å²) < 4.78 is 5.76. The molecule has 5 rings (SSSR count). The Labute approximate surface area is 139 Å². The molecule has 3 nitrogen and oxygen atoms in total. The molecule has 3 heteroatoms. The van der Waals surface area contributed by atoms with Crippen molar-refractivity contribution in [1.82, 2.24) is 4.98 Å². The summed E-state index contributed by atoms with van der Waals surface area (Å²) >= 11 is 0. The summed E-state index contributed by atoms with van der Waals surface area (Å²) in [7, 11) is 0. The molecule has 0 radical (unpaired) electrons. The molecule has 0 spiro atoms. The molecule has 1 aliphatic heterocycles. The van der Waals surface area contributed by atoms with Crippen LogP contribution in [0.15, 0.2) is 82.5 Å². The molecule has 0 aliphatic carbocycles. The molecule has 0 unspecified atom stereocenters. The van der Waals surface area contributed by atoms with Crippen molar-refractivity contribution >= 4 is 34.0 Å². The lowest BCUT2D eigenvalue weighted by Gasteiger charge is -2.09. The fourth-order valence-corrected chi connectivity index (χ4v) is 3.33. The third kappa shape index (κ3) is 1.88. The number of nitrogens with one attached hydrogen (secondary N) is 1. The van der Waals surface area contributed by atoms with E-state index in [0.29, 0.717) is 0 Å². The van der Waals surface area contributed by atoms with E-state index in [2.05, 4.69) is 34.2 Å². The average molecular weight is 310 g/mol. The summed E-state index contributed by atoms with van der Waals surface area (Å²) in [4.78, 5) is 7.92. The highest BCUT2D eigenvalue weighted by Crippen LogP contribution is 2.40. The number of nitrogens with zero attached hydrogens (tertiary/aromatic N) is 1. The highest BCUT2D eigenvalue weighted by atomic mass is 16.3. The minimum absolute atomic E-state index is 0.845. The van der Waals surface area contributed by atoms with Crippen molar-refractivity contribution in [3.05, 3.63) is 90.0 Å². The quantitative estimate of drug-likeness (QED) is 0.526. The van der Waals surface area contributed by atoms with Crippen molar-refractivity contribution in [3.63, 3.8) is 0 Å². The van der Waals surface area contributed by atoms with Gasteiger partial charge in [0.25, 0.3) is 0 Å². The SMILES string of the molecule is C1=Nc2ccccc2/C1=C(\c1ccco1)c1c[nH]c2ccccc12. The maximum Gasteiger partial charge on any atom is 0.135 e. The van der Waals surface area contributed by atoms with E-state index in [1.165, 1.54) is 5.39 Å². The Morgan fingerprint density at radius 1 is 0.917 bits per heavy atom. The Balaban J connectivity index is 1.86. The molecule has 0 atom stereocenters. The summed E-state index contributed by atoms with van der Waals surface area (Å²) in [6.45, 7) is 0. The molecule has 0 fully saturated rings. The second-order valence-electron chi connectivity index (χ2n) is 5.79. The first-order valence-electron chi connectivity index (χ1n) is 7.90. The number of rotatable bonds is 2. The summed E-state index contributed by atoms with van der Waals surface area (Å²) in [6.07, 6.45) is 5.69. The number of para-hydroxylation sites is 2. The number of hydrogen-bond donors (Lipinski definition) is 1. The molecule has 3 heterocycles. The van der Waals surface area contributed by atoms with Crippen LogP contribution >= 0.6 is 0 Å². The molecule has 1 aliphatic rings. The lowest BCUT2D eigenvalue weighted by atomic mass is 9.94. The molecule has 2 aromatic heterocycles. The van der Waals surface area contributed by atoms with Crippen LogP contribution in [-0.4, -0.2) is 11.2 Å². The van der Waals surface area contributed by atoms with E-state index in [1.54, 1.807) is 6.26 Å². The summed E-state index contributed by atoms with van der Waals surface area (Å²) in [5.74, 6) is 0.845. The molecule has 0 saturated carbocycles. The molecular formula is C21H14N2O. The molecule has 0 bridgehead atoms.